The molecule has 0 atom stereocenters. The van der Waals surface area contributed by atoms with Gasteiger partial charge in [0.15, 0.2) is 5.75 Å². The van der Waals surface area contributed by atoms with Gasteiger partial charge in [0.25, 0.3) is 11.6 Å². The maximum absolute atomic E-state index is 13.3. The van der Waals surface area contributed by atoms with Crippen LogP contribution in [0.5, 0.6) is 5.75 Å². The average molecular weight is 551 g/mol. The van der Waals surface area contributed by atoms with Crippen LogP contribution in [-0.2, 0) is 0 Å². The lowest BCUT2D eigenvalue weighted by molar-refractivity contribution is -0.384. The van der Waals surface area contributed by atoms with Crippen molar-refractivity contribution in [2.45, 2.75) is 0 Å². The molecule has 10 nitrogen and oxygen atoms in total. The summed E-state index contributed by atoms with van der Waals surface area (Å²) >= 11 is 6.25. The van der Waals surface area contributed by atoms with Crippen LogP contribution >= 0.6 is 11.6 Å². The van der Waals surface area contributed by atoms with Gasteiger partial charge in [0.1, 0.15) is 5.69 Å². The molecule has 0 fully saturated rings. The number of nitro groups is 1. The Bertz CT molecular complexity index is 2020. The van der Waals surface area contributed by atoms with Crippen molar-refractivity contribution in [1.82, 2.24) is 4.98 Å². The molecule has 0 aliphatic rings. The third-order valence-corrected chi connectivity index (χ3v) is 6.74. The van der Waals surface area contributed by atoms with Crippen LogP contribution in [0.1, 0.15) is 10.4 Å². The van der Waals surface area contributed by atoms with Crippen molar-refractivity contribution in [3.63, 3.8) is 0 Å². The van der Waals surface area contributed by atoms with E-state index in [9.17, 15) is 20.0 Å². The highest BCUT2D eigenvalue weighted by atomic mass is 35.5. The SMILES string of the molecule is Nc1ccc(N=Nc2c(O)c(C(=O)Nc3cccc([N+](=O)[O-])c3)cc3ccc4c5cc(Cl)ccc5[nH]c4c23)cc1. The van der Waals surface area contributed by atoms with E-state index in [1.807, 2.05) is 24.3 Å². The number of carbonyl (C=O) groups excluding carboxylic acids is 1. The summed E-state index contributed by atoms with van der Waals surface area (Å²) in [5.41, 5.74) is 8.35. The number of halogens is 1. The molecule has 0 spiro atoms. The predicted octanol–water partition coefficient (Wildman–Crippen LogP) is 7.99. The number of nitrogen functional groups attached to an aromatic ring is 1. The van der Waals surface area contributed by atoms with Gasteiger partial charge in [0.2, 0.25) is 0 Å². The van der Waals surface area contributed by atoms with Crippen LogP contribution in [-0.4, -0.2) is 20.9 Å². The van der Waals surface area contributed by atoms with Crippen molar-refractivity contribution >= 4 is 78.5 Å². The highest BCUT2D eigenvalue weighted by molar-refractivity contribution is 6.32. The highest BCUT2D eigenvalue weighted by Crippen LogP contribution is 2.44. The fourth-order valence-corrected chi connectivity index (χ4v) is 4.79. The van der Waals surface area contributed by atoms with Crippen LogP contribution in [0.4, 0.5) is 28.4 Å². The molecule has 6 aromatic rings. The van der Waals surface area contributed by atoms with E-state index in [2.05, 4.69) is 20.5 Å². The Morgan fingerprint density at radius 3 is 2.55 bits per heavy atom. The molecule has 1 heterocycles. The Labute approximate surface area is 230 Å². The van der Waals surface area contributed by atoms with Crippen LogP contribution in [0.3, 0.4) is 0 Å². The highest BCUT2D eigenvalue weighted by Gasteiger charge is 2.22. The number of rotatable bonds is 5. The van der Waals surface area contributed by atoms with Crippen LogP contribution in [0.25, 0.3) is 32.6 Å². The van der Waals surface area contributed by atoms with Gasteiger partial charge in [-0.05, 0) is 60.0 Å². The lowest BCUT2D eigenvalue weighted by Gasteiger charge is -2.12. The van der Waals surface area contributed by atoms with Gasteiger partial charge in [-0.3, -0.25) is 14.9 Å². The lowest BCUT2D eigenvalue weighted by Crippen LogP contribution is -2.12. The third kappa shape index (κ3) is 4.42. The molecule has 6 rings (SSSR count). The summed E-state index contributed by atoms with van der Waals surface area (Å²) in [6.07, 6.45) is 0. The summed E-state index contributed by atoms with van der Waals surface area (Å²) in [6.45, 7) is 0. The van der Waals surface area contributed by atoms with Gasteiger partial charge in [0, 0.05) is 50.2 Å². The zero-order valence-electron chi connectivity index (χ0n) is 20.6. The standard InChI is InChI=1S/C29H19ClN6O4/c30-16-5-11-24-22(13-16)21-10-4-15-12-23(29(38)32-19-2-1-3-20(14-19)36(39)40)28(37)27(25(15)26(21)33-24)35-34-18-8-6-17(31)7-9-18/h1-14,33,37H,31H2,(H,32,38). The predicted molar refractivity (Wildman–Crippen MR) is 156 cm³/mol. The summed E-state index contributed by atoms with van der Waals surface area (Å²) in [5, 5.41) is 37.3. The van der Waals surface area contributed by atoms with Crippen LogP contribution < -0.4 is 11.1 Å². The summed E-state index contributed by atoms with van der Waals surface area (Å²) in [6, 6.07) is 23.0. The fourth-order valence-electron chi connectivity index (χ4n) is 4.62. The Hall–Kier alpha value is -5.48. The van der Waals surface area contributed by atoms with Crippen molar-refractivity contribution < 1.29 is 14.8 Å². The van der Waals surface area contributed by atoms with E-state index in [0.717, 1.165) is 16.3 Å². The fraction of sp³-hybridized carbons (Fsp3) is 0. The first-order chi connectivity index (χ1) is 19.3. The molecule has 1 amide bonds. The number of phenolic OH excluding ortho intramolecular Hbond substituents is 1. The molecule has 0 unspecified atom stereocenters. The first-order valence-corrected chi connectivity index (χ1v) is 12.4. The number of H-pyrrole nitrogens is 1. The molecule has 5 aromatic carbocycles. The Kier molecular flexibility index (Phi) is 6.01. The minimum Gasteiger partial charge on any atom is -0.505 e. The molecular formula is C29H19ClN6O4. The quantitative estimate of drug-likeness (QED) is 0.0739. The number of nitro benzene ring substituents is 1. The van der Waals surface area contributed by atoms with Crippen molar-refractivity contribution in [3.8, 4) is 5.75 Å². The van der Waals surface area contributed by atoms with Crippen LogP contribution in [0, 0.1) is 10.1 Å². The van der Waals surface area contributed by atoms with Crippen molar-refractivity contribution in [3.05, 3.63) is 106 Å². The zero-order chi connectivity index (χ0) is 28.0. The molecule has 0 radical (unpaired) electrons. The molecule has 5 N–H and O–H groups in total. The molecule has 0 aliphatic heterocycles. The third-order valence-electron chi connectivity index (χ3n) is 6.50. The number of anilines is 2. The first kappa shape index (κ1) is 24.8. The van der Waals surface area contributed by atoms with Gasteiger partial charge in [-0.15, -0.1) is 5.11 Å². The molecule has 0 saturated carbocycles. The van der Waals surface area contributed by atoms with E-state index in [-0.39, 0.29) is 22.6 Å². The van der Waals surface area contributed by atoms with E-state index in [0.29, 0.717) is 32.7 Å². The Morgan fingerprint density at radius 1 is 0.975 bits per heavy atom. The number of aromatic amines is 1. The second kappa shape index (κ2) is 9.68. The smallest absolute Gasteiger partial charge is 0.271 e. The van der Waals surface area contributed by atoms with E-state index in [1.54, 1.807) is 30.3 Å². The lowest BCUT2D eigenvalue weighted by atomic mass is 10.00. The normalized spacial score (nSPS) is 11.5. The molecular weight excluding hydrogens is 532 g/mol. The number of azo groups is 1. The number of nitrogens with one attached hydrogen (secondary N) is 2. The summed E-state index contributed by atoms with van der Waals surface area (Å²) < 4.78 is 0. The number of nitrogens with two attached hydrogens (primary N) is 1. The molecule has 0 aliphatic carbocycles. The van der Waals surface area contributed by atoms with Gasteiger partial charge >= 0.3 is 0 Å². The minimum atomic E-state index is -0.674. The van der Waals surface area contributed by atoms with Crippen molar-refractivity contribution in [2.75, 3.05) is 11.1 Å². The maximum atomic E-state index is 13.3. The monoisotopic (exact) mass is 550 g/mol. The van der Waals surface area contributed by atoms with Gasteiger partial charge < -0.3 is 21.1 Å². The number of benzene rings is 5. The number of aromatic nitrogens is 1. The van der Waals surface area contributed by atoms with E-state index in [4.69, 9.17) is 17.3 Å². The molecule has 0 bridgehead atoms. The number of hydrogen-bond acceptors (Lipinski definition) is 7. The summed E-state index contributed by atoms with van der Waals surface area (Å²) in [7, 11) is 0. The summed E-state index contributed by atoms with van der Waals surface area (Å²) in [5.74, 6) is -1.08. The van der Waals surface area contributed by atoms with Gasteiger partial charge in [-0.2, -0.15) is 5.11 Å². The maximum Gasteiger partial charge on any atom is 0.271 e. The second-order valence-corrected chi connectivity index (χ2v) is 9.51. The van der Waals surface area contributed by atoms with Crippen molar-refractivity contribution in [1.29, 1.82) is 0 Å². The average Bonchev–Trinajstić information content (AvgIpc) is 3.31. The first-order valence-electron chi connectivity index (χ1n) is 12.0. The number of non-ortho nitro benzene ring substituents is 1. The number of nitrogens with zero attached hydrogens (tertiary/aromatic N) is 3. The Morgan fingerprint density at radius 2 is 1.77 bits per heavy atom. The van der Waals surface area contributed by atoms with Gasteiger partial charge in [-0.1, -0.05) is 29.8 Å². The van der Waals surface area contributed by atoms with Gasteiger partial charge in [-0.25, -0.2) is 0 Å². The molecule has 0 saturated heterocycles. The van der Waals surface area contributed by atoms with Gasteiger partial charge in [0.05, 0.1) is 21.7 Å². The topological polar surface area (TPSA) is 159 Å². The van der Waals surface area contributed by atoms with E-state index < -0.39 is 16.6 Å². The number of aromatic hydroxyl groups is 1. The van der Waals surface area contributed by atoms with E-state index >= 15 is 0 Å². The zero-order valence-corrected chi connectivity index (χ0v) is 21.3. The number of hydrogen-bond donors (Lipinski definition) is 4. The number of amides is 1. The van der Waals surface area contributed by atoms with E-state index in [1.165, 1.54) is 30.3 Å². The number of carbonyl (C=O) groups is 1. The second-order valence-electron chi connectivity index (χ2n) is 9.08. The summed E-state index contributed by atoms with van der Waals surface area (Å²) in [4.78, 5) is 27.3. The van der Waals surface area contributed by atoms with Crippen LogP contribution in [0.15, 0.2) is 95.2 Å². The number of fused-ring (bicyclic) bond motifs is 5. The molecule has 11 heteroatoms. The number of phenols is 1. The molecule has 1 aromatic heterocycles. The largest absolute Gasteiger partial charge is 0.505 e. The molecule has 196 valence electrons. The minimum absolute atomic E-state index is 0.0711. The Balaban J connectivity index is 1.55. The molecule has 40 heavy (non-hydrogen) atoms. The van der Waals surface area contributed by atoms with Crippen molar-refractivity contribution in [2.24, 2.45) is 10.2 Å². The van der Waals surface area contributed by atoms with Crippen LogP contribution in [0.2, 0.25) is 5.02 Å².